The van der Waals surface area contributed by atoms with Crippen LogP contribution in [0.3, 0.4) is 0 Å². The number of nitro benzene ring substituents is 1. The first-order valence-corrected chi connectivity index (χ1v) is 10.2. The van der Waals surface area contributed by atoms with Crippen LogP contribution in [0.5, 0.6) is 0 Å². The molecular weight excluding hydrogens is 368 g/mol. The van der Waals surface area contributed by atoms with Gasteiger partial charge in [0.05, 0.1) is 4.92 Å². The van der Waals surface area contributed by atoms with Gasteiger partial charge in [-0.25, -0.2) is 0 Å². The first-order valence-electron chi connectivity index (χ1n) is 10.2. The number of nitro groups is 1. The molecule has 1 amide bonds. The van der Waals surface area contributed by atoms with Gasteiger partial charge in [-0.15, -0.1) is 0 Å². The van der Waals surface area contributed by atoms with Crippen molar-refractivity contribution in [2.75, 3.05) is 18.4 Å². The van der Waals surface area contributed by atoms with Crippen molar-refractivity contribution in [3.8, 4) is 0 Å². The summed E-state index contributed by atoms with van der Waals surface area (Å²) in [4.78, 5) is 26.0. The summed E-state index contributed by atoms with van der Waals surface area (Å²) < 4.78 is 0. The third-order valence-electron chi connectivity index (χ3n) is 5.54. The zero-order chi connectivity index (χ0) is 20.2. The molecule has 29 heavy (non-hydrogen) atoms. The van der Waals surface area contributed by atoms with Crippen molar-refractivity contribution in [2.24, 2.45) is 0 Å². The smallest absolute Gasteiger partial charge is 0.293 e. The minimum absolute atomic E-state index is 0.0565. The molecule has 7 nitrogen and oxygen atoms in total. The summed E-state index contributed by atoms with van der Waals surface area (Å²) in [5.41, 5.74) is 3.01. The van der Waals surface area contributed by atoms with Crippen LogP contribution in [-0.4, -0.2) is 34.9 Å². The Hall–Kier alpha value is -2.93. The number of carbonyl (C=O) groups excluding carboxylic acids is 1. The van der Waals surface area contributed by atoms with Crippen molar-refractivity contribution < 1.29 is 9.72 Å². The van der Waals surface area contributed by atoms with Crippen LogP contribution < -0.4 is 10.6 Å². The molecule has 2 aromatic carbocycles. The Kier molecular flexibility index (Phi) is 5.76. The number of hydrogen-bond donors (Lipinski definition) is 2. The Morgan fingerprint density at radius 3 is 2.52 bits per heavy atom. The lowest BCUT2D eigenvalue weighted by Crippen LogP contribution is -2.25. The summed E-state index contributed by atoms with van der Waals surface area (Å²) in [6.07, 6.45) is 4.53. The first-order chi connectivity index (χ1) is 14.1. The van der Waals surface area contributed by atoms with E-state index in [0.29, 0.717) is 23.8 Å². The quantitative estimate of drug-likeness (QED) is 0.527. The SMILES string of the molecule is O=C(NCc1ccccc1CN1CCCC1)c1ccc(NC2CC2)c([N+](=O)[O-])c1. The van der Waals surface area contributed by atoms with Gasteiger partial charge in [0.2, 0.25) is 0 Å². The van der Waals surface area contributed by atoms with Crippen LogP contribution in [0, 0.1) is 10.1 Å². The Balaban J connectivity index is 1.43. The number of carbonyl (C=O) groups is 1. The van der Waals surface area contributed by atoms with E-state index in [9.17, 15) is 14.9 Å². The number of nitrogens with one attached hydrogen (secondary N) is 2. The molecule has 2 fully saturated rings. The van der Waals surface area contributed by atoms with Crippen LogP contribution in [0.2, 0.25) is 0 Å². The van der Waals surface area contributed by atoms with E-state index in [0.717, 1.165) is 38.0 Å². The van der Waals surface area contributed by atoms with Gasteiger partial charge in [-0.3, -0.25) is 19.8 Å². The minimum atomic E-state index is -0.438. The van der Waals surface area contributed by atoms with Gasteiger partial charge in [-0.1, -0.05) is 24.3 Å². The molecular formula is C22H26N4O3. The van der Waals surface area contributed by atoms with E-state index in [1.54, 1.807) is 12.1 Å². The number of benzene rings is 2. The average molecular weight is 394 g/mol. The maximum Gasteiger partial charge on any atom is 0.293 e. The molecule has 1 aliphatic heterocycles. The highest BCUT2D eigenvalue weighted by molar-refractivity contribution is 5.95. The van der Waals surface area contributed by atoms with Crippen LogP contribution in [0.4, 0.5) is 11.4 Å². The van der Waals surface area contributed by atoms with Crippen LogP contribution >= 0.6 is 0 Å². The molecule has 0 unspecified atom stereocenters. The predicted octanol–water partition coefficient (Wildman–Crippen LogP) is 3.69. The van der Waals surface area contributed by atoms with Gasteiger partial charge in [0.25, 0.3) is 11.6 Å². The van der Waals surface area contributed by atoms with Gasteiger partial charge in [0.1, 0.15) is 5.69 Å². The maximum absolute atomic E-state index is 12.6. The summed E-state index contributed by atoms with van der Waals surface area (Å²) in [6, 6.07) is 13.1. The van der Waals surface area contributed by atoms with Crippen LogP contribution in [-0.2, 0) is 13.1 Å². The molecule has 2 N–H and O–H groups in total. The zero-order valence-electron chi connectivity index (χ0n) is 16.4. The van der Waals surface area contributed by atoms with E-state index in [4.69, 9.17) is 0 Å². The number of likely N-dealkylation sites (tertiary alicyclic amines) is 1. The van der Waals surface area contributed by atoms with Gasteiger partial charge in [0.15, 0.2) is 0 Å². The minimum Gasteiger partial charge on any atom is -0.377 e. The van der Waals surface area contributed by atoms with Gasteiger partial charge in [-0.2, -0.15) is 0 Å². The Morgan fingerprint density at radius 2 is 1.83 bits per heavy atom. The summed E-state index contributed by atoms with van der Waals surface area (Å²) >= 11 is 0. The monoisotopic (exact) mass is 394 g/mol. The fourth-order valence-electron chi connectivity index (χ4n) is 3.74. The molecule has 0 bridgehead atoms. The number of rotatable bonds is 8. The first kappa shape index (κ1) is 19.4. The number of nitrogens with zero attached hydrogens (tertiary/aromatic N) is 2. The molecule has 152 valence electrons. The Morgan fingerprint density at radius 1 is 1.10 bits per heavy atom. The highest BCUT2D eigenvalue weighted by Gasteiger charge is 2.25. The molecule has 1 heterocycles. The molecule has 1 saturated carbocycles. The average Bonchev–Trinajstić information content (AvgIpc) is 3.39. The largest absolute Gasteiger partial charge is 0.377 e. The van der Waals surface area contributed by atoms with Gasteiger partial charge < -0.3 is 10.6 Å². The fourth-order valence-corrected chi connectivity index (χ4v) is 3.74. The second kappa shape index (κ2) is 8.61. The maximum atomic E-state index is 12.6. The standard InChI is InChI=1S/C22H26N4O3/c27-22(16-7-10-20(24-19-8-9-19)21(13-16)26(28)29)23-14-17-5-1-2-6-18(17)15-25-11-3-4-12-25/h1-2,5-7,10,13,19,24H,3-4,8-9,11-12,14-15H2,(H,23,27). The van der Waals surface area contributed by atoms with Crippen LogP contribution in [0.15, 0.2) is 42.5 Å². The van der Waals surface area contributed by atoms with E-state index in [2.05, 4.69) is 21.6 Å². The lowest BCUT2D eigenvalue weighted by atomic mass is 10.1. The lowest BCUT2D eigenvalue weighted by molar-refractivity contribution is -0.384. The molecule has 7 heteroatoms. The van der Waals surface area contributed by atoms with E-state index < -0.39 is 4.92 Å². The second-order valence-electron chi connectivity index (χ2n) is 7.84. The summed E-state index contributed by atoms with van der Waals surface area (Å²) in [7, 11) is 0. The topological polar surface area (TPSA) is 87.5 Å². The zero-order valence-corrected chi connectivity index (χ0v) is 16.4. The lowest BCUT2D eigenvalue weighted by Gasteiger charge is -2.17. The molecule has 1 saturated heterocycles. The van der Waals surface area contributed by atoms with E-state index >= 15 is 0 Å². The normalized spacial score (nSPS) is 16.6. The molecule has 1 aliphatic carbocycles. The molecule has 0 aromatic heterocycles. The molecule has 2 aromatic rings. The predicted molar refractivity (Wildman–Crippen MR) is 112 cm³/mol. The number of anilines is 1. The second-order valence-corrected chi connectivity index (χ2v) is 7.84. The third-order valence-corrected chi connectivity index (χ3v) is 5.54. The molecule has 4 rings (SSSR count). The van der Waals surface area contributed by atoms with Crippen molar-refractivity contribution in [1.29, 1.82) is 0 Å². The van der Waals surface area contributed by atoms with E-state index in [1.165, 1.54) is 24.5 Å². The highest BCUT2D eigenvalue weighted by Crippen LogP contribution is 2.31. The van der Waals surface area contributed by atoms with Gasteiger partial charge in [0, 0.05) is 30.8 Å². The Labute approximate surface area is 170 Å². The third kappa shape index (κ3) is 4.92. The van der Waals surface area contributed by atoms with Crippen molar-refractivity contribution in [3.63, 3.8) is 0 Å². The van der Waals surface area contributed by atoms with Crippen LogP contribution in [0.25, 0.3) is 0 Å². The van der Waals surface area contributed by atoms with Gasteiger partial charge in [-0.05, 0) is 62.0 Å². The van der Waals surface area contributed by atoms with Crippen LogP contribution in [0.1, 0.15) is 47.2 Å². The summed E-state index contributed by atoms with van der Waals surface area (Å²) in [5, 5.41) is 17.5. The fraction of sp³-hybridized carbons (Fsp3) is 0.409. The highest BCUT2D eigenvalue weighted by atomic mass is 16.6. The van der Waals surface area contributed by atoms with Gasteiger partial charge >= 0.3 is 0 Å². The summed E-state index contributed by atoms with van der Waals surface area (Å²) in [6.45, 7) is 3.52. The van der Waals surface area contributed by atoms with Crippen molar-refractivity contribution in [1.82, 2.24) is 10.2 Å². The molecule has 0 spiro atoms. The number of amides is 1. The van der Waals surface area contributed by atoms with Crippen molar-refractivity contribution >= 4 is 17.3 Å². The summed E-state index contributed by atoms with van der Waals surface area (Å²) in [5.74, 6) is -0.304. The Bertz CT molecular complexity index is 905. The number of hydrogen-bond acceptors (Lipinski definition) is 5. The molecule has 2 aliphatic rings. The molecule has 0 radical (unpaired) electrons. The van der Waals surface area contributed by atoms with E-state index in [-0.39, 0.29) is 11.6 Å². The molecule has 0 atom stereocenters. The van der Waals surface area contributed by atoms with Crippen molar-refractivity contribution in [2.45, 2.75) is 44.8 Å². The van der Waals surface area contributed by atoms with E-state index in [1.807, 2.05) is 18.2 Å². The van der Waals surface area contributed by atoms with Crippen molar-refractivity contribution in [3.05, 3.63) is 69.3 Å².